The van der Waals surface area contributed by atoms with E-state index in [2.05, 4.69) is 26.9 Å². The molecule has 4 heterocycles. The molecule has 1 amide bonds. The summed E-state index contributed by atoms with van der Waals surface area (Å²) in [6, 6.07) is 1.88. The Bertz CT molecular complexity index is 983. The lowest BCUT2D eigenvalue weighted by molar-refractivity contribution is -0.117. The predicted octanol–water partition coefficient (Wildman–Crippen LogP) is 1.69. The van der Waals surface area contributed by atoms with Crippen molar-refractivity contribution in [3.05, 3.63) is 28.4 Å². The lowest BCUT2D eigenvalue weighted by Crippen LogP contribution is -2.35. The van der Waals surface area contributed by atoms with Gasteiger partial charge in [-0.05, 0) is 31.5 Å². The van der Waals surface area contributed by atoms with Crippen LogP contribution in [-0.4, -0.2) is 72.3 Å². The summed E-state index contributed by atoms with van der Waals surface area (Å²) in [5.41, 5.74) is 7.39. The van der Waals surface area contributed by atoms with Crippen molar-refractivity contribution in [1.82, 2.24) is 19.9 Å². The molecule has 0 atom stereocenters. The number of ether oxygens (including phenoxy) is 3. The molecule has 2 aliphatic heterocycles. The predicted molar refractivity (Wildman–Crippen MR) is 119 cm³/mol. The summed E-state index contributed by atoms with van der Waals surface area (Å²) in [5.74, 6) is 0.963. The number of nitrogens with zero attached hydrogens (tertiary/aromatic N) is 5. The Labute approximate surface area is 191 Å². The van der Waals surface area contributed by atoms with Gasteiger partial charge in [-0.1, -0.05) is 11.6 Å². The summed E-state index contributed by atoms with van der Waals surface area (Å²) in [7, 11) is 3.67. The van der Waals surface area contributed by atoms with Gasteiger partial charge >= 0.3 is 6.01 Å². The molecule has 0 unspecified atom stereocenters. The molecule has 32 heavy (non-hydrogen) atoms. The standard InChI is InChI=1S/C21H27ClN6O4/c1-27-5-3-14(4-6-27)32-20-16(22)9-13(11-24-20)12-28-17(29)10-15-18(23)25-21(26-19(15)28)31-8-7-30-2/h9,11,14H,3-8,10,12H2,1-2H3,(H2,23,25,26). The maximum absolute atomic E-state index is 12.7. The van der Waals surface area contributed by atoms with E-state index in [-0.39, 0.29) is 43.4 Å². The van der Waals surface area contributed by atoms with Gasteiger partial charge in [-0.25, -0.2) is 4.98 Å². The summed E-state index contributed by atoms with van der Waals surface area (Å²) in [4.78, 5) is 29.4. The van der Waals surface area contributed by atoms with E-state index in [1.54, 1.807) is 24.3 Å². The molecule has 0 aliphatic carbocycles. The minimum Gasteiger partial charge on any atom is -0.473 e. The number of carbonyl (C=O) groups is 1. The number of nitrogen functional groups attached to an aromatic ring is 1. The van der Waals surface area contributed by atoms with Crippen LogP contribution in [0.4, 0.5) is 11.6 Å². The Morgan fingerprint density at radius 3 is 2.75 bits per heavy atom. The molecule has 4 rings (SSSR count). The number of hydrogen-bond acceptors (Lipinski definition) is 9. The maximum Gasteiger partial charge on any atom is 0.320 e. The van der Waals surface area contributed by atoms with Crippen molar-refractivity contribution < 1.29 is 19.0 Å². The number of likely N-dealkylation sites (tertiary alicyclic amines) is 1. The summed E-state index contributed by atoms with van der Waals surface area (Å²) >= 11 is 6.44. The molecule has 0 aromatic carbocycles. The van der Waals surface area contributed by atoms with Crippen LogP contribution in [-0.2, 0) is 22.5 Å². The van der Waals surface area contributed by atoms with Gasteiger partial charge in [0.05, 0.1) is 19.6 Å². The second-order valence-corrected chi connectivity index (χ2v) is 8.35. The number of anilines is 2. The Morgan fingerprint density at radius 1 is 1.25 bits per heavy atom. The van der Waals surface area contributed by atoms with Gasteiger partial charge in [-0.2, -0.15) is 9.97 Å². The Balaban J connectivity index is 1.47. The Morgan fingerprint density at radius 2 is 2.03 bits per heavy atom. The van der Waals surface area contributed by atoms with Crippen molar-refractivity contribution in [2.24, 2.45) is 0 Å². The molecule has 2 aliphatic rings. The van der Waals surface area contributed by atoms with E-state index in [4.69, 9.17) is 31.5 Å². The van der Waals surface area contributed by atoms with Crippen molar-refractivity contribution >= 4 is 29.1 Å². The summed E-state index contributed by atoms with van der Waals surface area (Å²) < 4.78 is 16.5. The van der Waals surface area contributed by atoms with Crippen molar-refractivity contribution in [2.45, 2.75) is 31.9 Å². The summed E-state index contributed by atoms with van der Waals surface area (Å²) in [5, 5.41) is 0.416. The zero-order valence-corrected chi connectivity index (χ0v) is 19.0. The third-order valence-corrected chi connectivity index (χ3v) is 5.82. The number of fused-ring (bicyclic) bond motifs is 1. The van der Waals surface area contributed by atoms with E-state index in [9.17, 15) is 4.79 Å². The first-order chi connectivity index (χ1) is 15.4. The minimum absolute atomic E-state index is 0.102. The van der Waals surface area contributed by atoms with E-state index >= 15 is 0 Å². The molecule has 1 fully saturated rings. The summed E-state index contributed by atoms with van der Waals surface area (Å²) in [6.45, 7) is 2.89. The topological polar surface area (TPSA) is 116 Å². The zero-order chi connectivity index (χ0) is 22.7. The highest BCUT2D eigenvalue weighted by molar-refractivity contribution is 6.31. The molecular formula is C21H27ClN6O4. The van der Waals surface area contributed by atoms with Crippen molar-refractivity contribution in [2.75, 3.05) is 51.1 Å². The molecule has 0 saturated carbocycles. The Kier molecular flexibility index (Phi) is 6.92. The molecule has 1 saturated heterocycles. The minimum atomic E-state index is -0.127. The number of methoxy groups -OCH3 is 1. The van der Waals surface area contributed by atoms with Crippen molar-refractivity contribution in [1.29, 1.82) is 0 Å². The number of nitrogens with two attached hydrogens (primary N) is 1. The first-order valence-electron chi connectivity index (χ1n) is 10.5. The molecule has 0 radical (unpaired) electrons. The van der Waals surface area contributed by atoms with E-state index in [0.29, 0.717) is 28.9 Å². The van der Waals surface area contributed by atoms with Gasteiger partial charge in [0.25, 0.3) is 0 Å². The van der Waals surface area contributed by atoms with Crippen LogP contribution in [0.1, 0.15) is 24.0 Å². The largest absolute Gasteiger partial charge is 0.473 e. The average molecular weight is 463 g/mol. The number of carbonyl (C=O) groups excluding carboxylic acids is 1. The lowest BCUT2D eigenvalue weighted by atomic mass is 10.1. The van der Waals surface area contributed by atoms with Crippen LogP contribution in [0.15, 0.2) is 12.3 Å². The van der Waals surface area contributed by atoms with E-state index in [0.717, 1.165) is 31.5 Å². The number of pyridine rings is 1. The highest BCUT2D eigenvalue weighted by Crippen LogP contribution is 2.34. The first kappa shape index (κ1) is 22.5. The third kappa shape index (κ3) is 5.03. The number of aromatic nitrogens is 3. The second kappa shape index (κ2) is 9.85. The van der Waals surface area contributed by atoms with Gasteiger partial charge in [-0.3, -0.25) is 9.69 Å². The highest BCUT2D eigenvalue weighted by Gasteiger charge is 2.32. The molecule has 0 bridgehead atoms. The SMILES string of the molecule is COCCOc1nc(N)c2c(n1)N(Cc1cnc(OC3CCN(C)CC3)c(Cl)c1)C(=O)C2. The molecule has 2 aromatic heterocycles. The number of amides is 1. The van der Waals surface area contributed by atoms with Gasteiger partial charge in [0, 0.05) is 32.0 Å². The normalized spacial score (nSPS) is 17.0. The fourth-order valence-electron chi connectivity index (χ4n) is 3.75. The van der Waals surface area contributed by atoms with E-state index < -0.39 is 0 Å². The van der Waals surface area contributed by atoms with Gasteiger partial charge in [0.2, 0.25) is 11.8 Å². The maximum atomic E-state index is 12.7. The van der Waals surface area contributed by atoms with Crippen LogP contribution < -0.4 is 20.1 Å². The molecular weight excluding hydrogens is 436 g/mol. The van der Waals surface area contributed by atoms with Gasteiger partial charge in [0.15, 0.2) is 0 Å². The number of hydrogen-bond donors (Lipinski definition) is 1. The Hall–Kier alpha value is -2.69. The number of piperidine rings is 1. The fourth-order valence-corrected chi connectivity index (χ4v) is 3.98. The second-order valence-electron chi connectivity index (χ2n) is 7.94. The number of halogens is 1. The zero-order valence-electron chi connectivity index (χ0n) is 18.2. The number of rotatable bonds is 8. The highest BCUT2D eigenvalue weighted by atomic mass is 35.5. The van der Waals surface area contributed by atoms with Crippen LogP contribution in [0.25, 0.3) is 0 Å². The summed E-state index contributed by atoms with van der Waals surface area (Å²) in [6.07, 6.45) is 3.78. The molecule has 11 heteroatoms. The monoisotopic (exact) mass is 462 g/mol. The van der Waals surface area contributed by atoms with Gasteiger partial charge < -0.3 is 24.8 Å². The molecule has 0 spiro atoms. The van der Waals surface area contributed by atoms with Gasteiger partial charge in [0.1, 0.15) is 29.4 Å². The lowest BCUT2D eigenvalue weighted by Gasteiger charge is -2.29. The quantitative estimate of drug-likeness (QED) is 0.585. The van der Waals surface area contributed by atoms with Crippen molar-refractivity contribution in [3.8, 4) is 11.9 Å². The smallest absolute Gasteiger partial charge is 0.320 e. The average Bonchev–Trinajstić information content (AvgIpc) is 3.08. The van der Waals surface area contributed by atoms with E-state index in [1.165, 1.54) is 0 Å². The third-order valence-electron chi connectivity index (χ3n) is 5.55. The first-order valence-corrected chi connectivity index (χ1v) is 10.9. The van der Waals surface area contributed by atoms with Gasteiger partial charge in [-0.15, -0.1) is 0 Å². The van der Waals surface area contributed by atoms with Crippen LogP contribution in [0.3, 0.4) is 0 Å². The molecule has 172 valence electrons. The van der Waals surface area contributed by atoms with E-state index in [1.807, 2.05) is 0 Å². The molecule has 10 nitrogen and oxygen atoms in total. The van der Waals surface area contributed by atoms with Crippen LogP contribution in [0.5, 0.6) is 11.9 Å². The van der Waals surface area contributed by atoms with Crippen LogP contribution in [0.2, 0.25) is 5.02 Å². The van der Waals surface area contributed by atoms with Crippen LogP contribution >= 0.6 is 11.6 Å². The molecule has 2 N–H and O–H groups in total. The van der Waals surface area contributed by atoms with Crippen molar-refractivity contribution in [3.63, 3.8) is 0 Å². The van der Waals surface area contributed by atoms with Crippen LogP contribution in [0, 0.1) is 0 Å². The molecule has 2 aromatic rings. The fraction of sp³-hybridized carbons (Fsp3) is 0.524.